The molecule has 0 amide bonds. The SMILES string of the molecule is COc1cc(NC2CCN(c3cncc(OC(C)C)n3)CC2)cc(OC)c1. The maximum atomic E-state index is 5.65. The van der Waals surface area contributed by atoms with Crippen molar-refractivity contribution in [2.24, 2.45) is 0 Å². The van der Waals surface area contributed by atoms with E-state index < -0.39 is 0 Å². The third-order valence-corrected chi connectivity index (χ3v) is 4.50. The van der Waals surface area contributed by atoms with E-state index in [9.17, 15) is 0 Å². The zero-order valence-electron chi connectivity index (χ0n) is 16.4. The highest BCUT2D eigenvalue weighted by Gasteiger charge is 2.21. The number of hydrogen-bond acceptors (Lipinski definition) is 7. The van der Waals surface area contributed by atoms with Crippen LogP contribution in [0.2, 0.25) is 0 Å². The van der Waals surface area contributed by atoms with Crippen LogP contribution in [0.5, 0.6) is 17.4 Å². The monoisotopic (exact) mass is 372 g/mol. The minimum absolute atomic E-state index is 0.0874. The maximum Gasteiger partial charge on any atom is 0.234 e. The van der Waals surface area contributed by atoms with Crippen LogP contribution in [0.4, 0.5) is 11.5 Å². The summed E-state index contributed by atoms with van der Waals surface area (Å²) in [7, 11) is 3.32. The Hall–Kier alpha value is -2.70. The lowest BCUT2D eigenvalue weighted by molar-refractivity contribution is 0.231. The van der Waals surface area contributed by atoms with Crippen molar-refractivity contribution in [3.63, 3.8) is 0 Å². The number of benzene rings is 1. The molecule has 146 valence electrons. The molecule has 3 rings (SSSR count). The molecule has 1 aliphatic rings. The van der Waals surface area contributed by atoms with Crippen molar-refractivity contribution in [1.82, 2.24) is 9.97 Å². The van der Waals surface area contributed by atoms with E-state index in [-0.39, 0.29) is 6.10 Å². The van der Waals surface area contributed by atoms with E-state index in [1.807, 2.05) is 32.0 Å². The van der Waals surface area contributed by atoms with E-state index in [4.69, 9.17) is 14.2 Å². The van der Waals surface area contributed by atoms with Crippen LogP contribution in [-0.4, -0.2) is 49.4 Å². The second-order valence-electron chi connectivity index (χ2n) is 6.89. The number of ether oxygens (including phenoxy) is 3. The Labute approximate surface area is 160 Å². The van der Waals surface area contributed by atoms with Crippen LogP contribution in [-0.2, 0) is 0 Å². The zero-order valence-corrected chi connectivity index (χ0v) is 16.4. The van der Waals surface area contributed by atoms with Gasteiger partial charge in [-0.15, -0.1) is 0 Å². The van der Waals surface area contributed by atoms with E-state index in [0.717, 1.165) is 48.9 Å². The Morgan fingerprint density at radius 3 is 2.30 bits per heavy atom. The van der Waals surface area contributed by atoms with Crippen LogP contribution >= 0.6 is 0 Å². The molecule has 0 aliphatic carbocycles. The number of aromatic nitrogens is 2. The Kier molecular flexibility index (Phi) is 6.21. The standard InChI is InChI=1S/C20H28N4O3/c1-14(2)27-20-13-21-12-19(23-20)24-7-5-15(6-8-24)22-16-9-17(25-3)11-18(10-16)26-4/h9-15,22H,5-8H2,1-4H3. The van der Waals surface area contributed by atoms with Gasteiger partial charge < -0.3 is 24.4 Å². The normalized spacial score (nSPS) is 14.9. The molecule has 2 aromatic rings. The number of anilines is 2. The van der Waals surface area contributed by atoms with E-state index in [1.165, 1.54) is 0 Å². The number of methoxy groups -OCH3 is 2. The molecule has 1 aromatic heterocycles. The van der Waals surface area contributed by atoms with Crippen molar-refractivity contribution in [2.45, 2.75) is 38.8 Å². The van der Waals surface area contributed by atoms with E-state index in [2.05, 4.69) is 20.2 Å². The van der Waals surface area contributed by atoms with Gasteiger partial charge >= 0.3 is 0 Å². The first-order valence-electron chi connectivity index (χ1n) is 9.30. The van der Waals surface area contributed by atoms with Gasteiger partial charge in [-0.25, -0.2) is 0 Å². The summed E-state index contributed by atoms with van der Waals surface area (Å²) >= 11 is 0. The largest absolute Gasteiger partial charge is 0.497 e. The predicted octanol–water partition coefficient (Wildman–Crippen LogP) is 3.36. The minimum Gasteiger partial charge on any atom is -0.497 e. The van der Waals surface area contributed by atoms with Gasteiger partial charge in [0.05, 0.1) is 32.7 Å². The molecule has 7 heteroatoms. The smallest absolute Gasteiger partial charge is 0.234 e. The van der Waals surface area contributed by atoms with E-state index in [1.54, 1.807) is 26.6 Å². The van der Waals surface area contributed by atoms with E-state index >= 15 is 0 Å². The summed E-state index contributed by atoms with van der Waals surface area (Å²) in [5.41, 5.74) is 1.01. The quantitative estimate of drug-likeness (QED) is 0.799. The average molecular weight is 372 g/mol. The highest BCUT2D eigenvalue weighted by Crippen LogP contribution is 2.28. The van der Waals surface area contributed by atoms with Gasteiger partial charge in [0.2, 0.25) is 5.88 Å². The fraction of sp³-hybridized carbons (Fsp3) is 0.500. The fourth-order valence-corrected chi connectivity index (χ4v) is 3.17. The topological polar surface area (TPSA) is 68.7 Å². The number of nitrogens with one attached hydrogen (secondary N) is 1. The van der Waals surface area contributed by atoms with Crippen LogP contribution in [0.1, 0.15) is 26.7 Å². The summed E-state index contributed by atoms with van der Waals surface area (Å²) in [4.78, 5) is 11.1. The van der Waals surface area contributed by atoms with Gasteiger partial charge in [-0.3, -0.25) is 4.98 Å². The van der Waals surface area contributed by atoms with Crippen molar-refractivity contribution >= 4 is 11.5 Å². The van der Waals surface area contributed by atoms with Gasteiger partial charge in [-0.2, -0.15) is 4.98 Å². The van der Waals surface area contributed by atoms with Gasteiger partial charge in [0.1, 0.15) is 11.5 Å². The van der Waals surface area contributed by atoms with Crippen LogP contribution in [0.15, 0.2) is 30.6 Å². The molecule has 0 atom stereocenters. The maximum absolute atomic E-state index is 5.65. The molecule has 27 heavy (non-hydrogen) atoms. The van der Waals surface area contributed by atoms with Gasteiger partial charge in [0.15, 0.2) is 5.82 Å². The predicted molar refractivity (Wildman–Crippen MR) is 106 cm³/mol. The molecule has 1 aliphatic heterocycles. The van der Waals surface area contributed by atoms with E-state index in [0.29, 0.717) is 11.9 Å². The lowest BCUT2D eigenvalue weighted by atomic mass is 10.0. The molecule has 1 N–H and O–H groups in total. The molecule has 7 nitrogen and oxygen atoms in total. The molecule has 0 radical (unpaired) electrons. The summed E-state index contributed by atoms with van der Waals surface area (Å²) in [6.07, 6.45) is 5.57. The van der Waals surface area contributed by atoms with Gasteiger partial charge in [-0.05, 0) is 26.7 Å². The second-order valence-corrected chi connectivity index (χ2v) is 6.89. The highest BCUT2D eigenvalue weighted by molar-refractivity contribution is 5.54. The zero-order chi connectivity index (χ0) is 19.2. The first-order valence-corrected chi connectivity index (χ1v) is 9.30. The van der Waals surface area contributed by atoms with Gasteiger partial charge in [0, 0.05) is 43.0 Å². The summed E-state index contributed by atoms with van der Waals surface area (Å²) in [5.74, 6) is 3.01. The summed E-state index contributed by atoms with van der Waals surface area (Å²) in [6, 6.07) is 6.25. The first kappa shape index (κ1) is 19.1. The number of piperidine rings is 1. The van der Waals surface area contributed by atoms with Crippen LogP contribution in [0, 0.1) is 0 Å². The molecular weight excluding hydrogens is 344 g/mol. The lowest BCUT2D eigenvalue weighted by Gasteiger charge is -2.33. The molecule has 0 bridgehead atoms. The molecule has 1 aromatic carbocycles. The van der Waals surface area contributed by atoms with Crippen molar-refractivity contribution in [2.75, 3.05) is 37.5 Å². The Morgan fingerprint density at radius 2 is 1.70 bits per heavy atom. The van der Waals surface area contributed by atoms with Crippen molar-refractivity contribution in [3.05, 3.63) is 30.6 Å². The molecule has 2 heterocycles. The van der Waals surface area contributed by atoms with Crippen LogP contribution in [0.3, 0.4) is 0 Å². The molecule has 1 fully saturated rings. The Balaban J connectivity index is 1.59. The lowest BCUT2D eigenvalue weighted by Crippen LogP contribution is -2.39. The number of nitrogens with zero attached hydrogens (tertiary/aromatic N) is 3. The number of rotatable bonds is 7. The summed E-state index contributed by atoms with van der Waals surface area (Å²) in [6.45, 7) is 5.80. The summed E-state index contributed by atoms with van der Waals surface area (Å²) in [5, 5.41) is 3.59. The summed E-state index contributed by atoms with van der Waals surface area (Å²) < 4.78 is 16.3. The molecular formula is C20H28N4O3. The second kappa shape index (κ2) is 8.79. The minimum atomic E-state index is 0.0874. The van der Waals surface area contributed by atoms with Crippen molar-refractivity contribution < 1.29 is 14.2 Å². The fourth-order valence-electron chi connectivity index (χ4n) is 3.17. The van der Waals surface area contributed by atoms with Crippen LogP contribution < -0.4 is 24.4 Å². The third-order valence-electron chi connectivity index (χ3n) is 4.50. The molecule has 1 saturated heterocycles. The van der Waals surface area contributed by atoms with Crippen LogP contribution in [0.25, 0.3) is 0 Å². The third kappa shape index (κ3) is 5.15. The molecule has 0 unspecified atom stereocenters. The number of hydrogen-bond donors (Lipinski definition) is 1. The highest BCUT2D eigenvalue weighted by atomic mass is 16.5. The molecule has 0 spiro atoms. The van der Waals surface area contributed by atoms with Gasteiger partial charge in [-0.1, -0.05) is 0 Å². The van der Waals surface area contributed by atoms with Gasteiger partial charge in [0.25, 0.3) is 0 Å². The van der Waals surface area contributed by atoms with Crippen molar-refractivity contribution in [3.8, 4) is 17.4 Å². The van der Waals surface area contributed by atoms with Crippen molar-refractivity contribution in [1.29, 1.82) is 0 Å². The Morgan fingerprint density at radius 1 is 1.04 bits per heavy atom. The molecule has 0 saturated carbocycles. The average Bonchev–Trinajstić information content (AvgIpc) is 2.68. The Bertz CT molecular complexity index is 724. The first-order chi connectivity index (χ1) is 13.1.